The van der Waals surface area contributed by atoms with E-state index in [1.807, 2.05) is 0 Å². The zero-order chi connectivity index (χ0) is 13.7. The van der Waals surface area contributed by atoms with E-state index in [9.17, 15) is 9.50 Å². The van der Waals surface area contributed by atoms with Gasteiger partial charge in [0.05, 0.1) is 0 Å². The van der Waals surface area contributed by atoms with Gasteiger partial charge in [0.15, 0.2) is 0 Å². The Balaban J connectivity index is 0.00000200. The van der Waals surface area contributed by atoms with Crippen LogP contribution in [0.1, 0.15) is 37.8 Å². The maximum Gasteiger partial charge on any atom is 0.131 e. The standard InChI is InChI=1S/C15H23FN2O.ClH/c1-2-3-4-15(18-9-7-17-8-10-18)13-6-5-12(19)11-14(13)16;/h5-6,11,15,17,19H,2-4,7-10H2,1H3;1H/t15-;/m1./s1. The summed E-state index contributed by atoms with van der Waals surface area (Å²) in [6, 6.07) is 4.66. The van der Waals surface area contributed by atoms with Gasteiger partial charge in [0.2, 0.25) is 0 Å². The molecule has 3 nitrogen and oxygen atoms in total. The number of phenols is 1. The van der Waals surface area contributed by atoms with Crippen LogP contribution in [0.3, 0.4) is 0 Å². The van der Waals surface area contributed by atoms with Gasteiger partial charge in [-0.2, -0.15) is 0 Å². The van der Waals surface area contributed by atoms with Crippen molar-refractivity contribution in [3.05, 3.63) is 29.6 Å². The predicted octanol–water partition coefficient (Wildman–Crippen LogP) is 3.09. The van der Waals surface area contributed by atoms with Crippen LogP contribution in [0.25, 0.3) is 0 Å². The van der Waals surface area contributed by atoms with E-state index in [2.05, 4.69) is 17.1 Å². The SMILES string of the molecule is CCCC[C@H](c1ccc(O)cc1F)N1CCNCC1.Cl. The number of piperazine rings is 1. The molecule has 0 saturated carbocycles. The summed E-state index contributed by atoms with van der Waals surface area (Å²) in [5.41, 5.74) is 0.716. The smallest absolute Gasteiger partial charge is 0.131 e. The van der Waals surface area contributed by atoms with Crippen LogP contribution in [0, 0.1) is 5.82 Å². The molecule has 1 saturated heterocycles. The van der Waals surface area contributed by atoms with Crippen molar-refractivity contribution in [1.82, 2.24) is 10.2 Å². The van der Waals surface area contributed by atoms with Crippen molar-refractivity contribution in [1.29, 1.82) is 0 Å². The fourth-order valence-electron chi connectivity index (χ4n) is 2.71. The Morgan fingerprint density at radius 1 is 1.35 bits per heavy atom. The molecule has 20 heavy (non-hydrogen) atoms. The van der Waals surface area contributed by atoms with E-state index in [0.717, 1.165) is 45.4 Å². The highest BCUT2D eigenvalue weighted by Gasteiger charge is 2.24. The van der Waals surface area contributed by atoms with Gasteiger partial charge in [0.25, 0.3) is 0 Å². The van der Waals surface area contributed by atoms with Crippen molar-refractivity contribution in [3.8, 4) is 5.75 Å². The van der Waals surface area contributed by atoms with E-state index in [-0.39, 0.29) is 30.0 Å². The Bertz CT molecular complexity index is 411. The molecule has 0 unspecified atom stereocenters. The van der Waals surface area contributed by atoms with Gasteiger partial charge in [-0.15, -0.1) is 12.4 Å². The molecule has 0 aliphatic carbocycles. The molecule has 114 valence electrons. The molecule has 1 aromatic carbocycles. The number of nitrogens with one attached hydrogen (secondary N) is 1. The maximum atomic E-state index is 14.1. The minimum atomic E-state index is -0.292. The van der Waals surface area contributed by atoms with Crippen molar-refractivity contribution in [3.63, 3.8) is 0 Å². The summed E-state index contributed by atoms with van der Waals surface area (Å²) in [5, 5.41) is 12.7. The zero-order valence-corrected chi connectivity index (χ0v) is 12.8. The average Bonchev–Trinajstić information content (AvgIpc) is 2.42. The monoisotopic (exact) mass is 302 g/mol. The Labute approximate surface area is 126 Å². The molecule has 0 spiro atoms. The van der Waals surface area contributed by atoms with Gasteiger partial charge >= 0.3 is 0 Å². The average molecular weight is 303 g/mol. The Kier molecular flexibility index (Phi) is 7.27. The molecular formula is C15H24ClFN2O. The van der Waals surface area contributed by atoms with Gasteiger partial charge in [-0.3, -0.25) is 4.90 Å². The van der Waals surface area contributed by atoms with Crippen molar-refractivity contribution >= 4 is 12.4 Å². The first-order valence-electron chi connectivity index (χ1n) is 7.15. The van der Waals surface area contributed by atoms with Crippen LogP contribution in [-0.4, -0.2) is 36.2 Å². The minimum Gasteiger partial charge on any atom is -0.508 e. The molecular weight excluding hydrogens is 279 g/mol. The van der Waals surface area contributed by atoms with E-state index < -0.39 is 0 Å². The van der Waals surface area contributed by atoms with E-state index in [0.29, 0.717) is 5.56 Å². The van der Waals surface area contributed by atoms with Crippen LogP contribution in [0.4, 0.5) is 4.39 Å². The second-order valence-corrected chi connectivity index (χ2v) is 5.15. The molecule has 2 rings (SSSR count). The zero-order valence-electron chi connectivity index (χ0n) is 11.9. The lowest BCUT2D eigenvalue weighted by Gasteiger charge is -2.35. The number of phenolic OH excluding ortho intramolecular Hbond substituents is 1. The molecule has 5 heteroatoms. The molecule has 1 aliphatic heterocycles. The summed E-state index contributed by atoms with van der Waals surface area (Å²) >= 11 is 0. The quantitative estimate of drug-likeness (QED) is 0.877. The fraction of sp³-hybridized carbons (Fsp3) is 0.600. The van der Waals surface area contributed by atoms with Crippen LogP contribution in [-0.2, 0) is 0 Å². The highest BCUT2D eigenvalue weighted by molar-refractivity contribution is 5.85. The van der Waals surface area contributed by atoms with E-state index in [4.69, 9.17) is 0 Å². The van der Waals surface area contributed by atoms with Gasteiger partial charge in [0.1, 0.15) is 11.6 Å². The number of halogens is 2. The largest absolute Gasteiger partial charge is 0.508 e. The van der Waals surface area contributed by atoms with Gasteiger partial charge in [-0.25, -0.2) is 4.39 Å². The summed E-state index contributed by atoms with van der Waals surface area (Å²) < 4.78 is 14.1. The summed E-state index contributed by atoms with van der Waals surface area (Å²) in [7, 11) is 0. The third-order valence-electron chi connectivity index (χ3n) is 3.77. The highest BCUT2D eigenvalue weighted by Crippen LogP contribution is 2.30. The second kappa shape index (κ2) is 8.45. The number of hydrogen-bond donors (Lipinski definition) is 2. The molecule has 1 heterocycles. The molecule has 2 N–H and O–H groups in total. The maximum absolute atomic E-state index is 14.1. The van der Waals surface area contributed by atoms with Crippen LogP contribution in [0.15, 0.2) is 18.2 Å². The summed E-state index contributed by atoms with van der Waals surface area (Å²) in [6.07, 6.45) is 3.18. The third-order valence-corrected chi connectivity index (χ3v) is 3.77. The number of rotatable bonds is 5. The molecule has 0 bridgehead atoms. The van der Waals surface area contributed by atoms with Crippen molar-refractivity contribution in [2.45, 2.75) is 32.2 Å². The van der Waals surface area contributed by atoms with Crippen molar-refractivity contribution in [2.24, 2.45) is 0 Å². The van der Waals surface area contributed by atoms with Crippen LogP contribution in [0.2, 0.25) is 0 Å². The summed E-state index contributed by atoms with van der Waals surface area (Å²) in [6.45, 7) is 5.98. The lowest BCUT2D eigenvalue weighted by molar-refractivity contribution is 0.160. The molecule has 1 aromatic rings. The van der Waals surface area contributed by atoms with Gasteiger partial charge in [-0.05, 0) is 12.5 Å². The van der Waals surface area contributed by atoms with Gasteiger partial charge in [-0.1, -0.05) is 25.8 Å². The molecule has 1 fully saturated rings. The van der Waals surface area contributed by atoms with Crippen LogP contribution < -0.4 is 5.32 Å². The van der Waals surface area contributed by atoms with Crippen molar-refractivity contribution in [2.75, 3.05) is 26.2 Å². The Hall–Kier alpha value is -0.840. The van der Waals surface area contributed by atoms with Crippen LogP contribution in [0.5, 0.6) is 5.75 Å². The van der Waals surface area contributed by atoms with Crippen LogP contribution >= 0.6 is 12.4 Å². The Morgan fingerprint density at radius 3 is 2.65 bits per heavy atom. The lowest BCUT2D eigenvalue weighted by Crippen LogP contribution is -2.45. The number of nitrogens with zero attached hydrogens (tertiary/aromatic N) is 1. The van der Waals surface area contributed by atoms with Gasteiger partial charge < -0.3 is 10.4 Å². The van der Waals surface area contributed by atoms with Crippen molar-refractivity contribution < 1.29 is 9.50 Å². The van der Waals surface area contributed by atoms with E-state index in [1.165, 1.54) is 6.07 Å². The third kappa shape index (κ3) is 4.33. The number of benzene rings is 1. The molecule has 1 atom stereocenters. The first-order chi connectivity index (χ1) is 9.22. The first-order valence-corrected chi connectivity index (χ1v) is 7.15. The summed E-state index contributed by atoms with van der Waals surface area (Å²) in [5.74, 6) is -0.296. The highest BCUT2D eigenvalue weighted by atomic mass is 35.5. The lowest BCUT2D eigenvalue weighted by atomic mass is 9.98. The molecule has 1 aliphatic rings. The summed E-state index contributed by atoms with van der Waals surface area (Å²) in [4.78, 5) is 2.35. The van der Waals surface area contributed by atoms with E-state index >= 15 is 0 Å². The molecule has 0 radical (unpaired) electrons. The van der Waals surface area contributed by atoms with E-state index in [1.54, 1.807) is 12.1 Å². The number of aromatic hydroxyl groups is 1. The minimum absolute atomic E-state index is 0. The second-order valence-electron chi connectivity index (χ2n) is 5.15. The normalized spacial score (nSPS) is 17.5. The number of unbranched alkanes of at least 4 members (excludes halogenated alkanes) is 1. The van der Waals surface area contributed by atoms with Gasteiger partial charge in [0, 0.05) is 43.9 Å². The number of hydrogen-bond acceptors (Lipinski definition) is 3. The predicted molar refractivity (Wildman–Crippen MR) is 82.0 cm³/mol. The molecule has 0 amide bonds. The molecule has 0 aromatic heterocycles. The fourth-order valence-corrected chi connectivity index (χ4v) is 2.71. The first kappa shape index (κ1) is 17.2. The Morgan fingerprint density at radius 2 is 2.05 bits per heavy atom. The topological polar surface area (TPSA) is 35.5 Å².